The van der Waals surface area contributed by atoms with Crippen LogP contribution in [0.3, 0.4) is 0 Å². The summed E-state index contributed by atoms with van der Waals surface area (Å²) in [6.45, 7) is 4.60. The number of nitrogens with zero attached hydrogens (tertiary/aromatic N) is 7. The number of fused-ring (bicyclic) bond motifs is 2. The van der Waals surface area contributed by atoms with Crippen molar-refractivity contribution < 1.29 is 9.53 Å². The summed E-state index contributed by atoms with van der Waals surface area (Å²) in [5.41, 5.74) is 12.8. The van der Waals surface area contributed by atoms with Crippen LogP contribution in [0.15, 0.2) is 61.1 Å². The zero-order chi connectivity index (χ0) is 29.7. The van der Waals surface area contributed by atoms with Crippen molar-refractivity contribution in [1.29, 1.82) is 0 Å². The van der Waals surface area contributed by atoms with Gasteiger partial charge in [0, 0.05) is 54.9 Å². The van der Waals surface area contributed by atoms with Gasteiger partial charge >= 0.3 is 0 Å². The number of nitrogens with two attached hydrogens (primary N) is 1. The summed E-state index contributed by atoms with van der Waals surface area (Å²) in [5.74, 6) is 0.640. The number of hydrogen-bond donors (Lipinski definition) is 3. The Balaban J connectivity index is 1.19. The Bertz CT molecular complexity index is 1990. The van der Waals surface area contributed by atoms with Gasteiger partial charge in [-0.3, -0.25) is 14.8 Å². The number of carbonyl (C=O) groups is 1. The van der Waals surface area contributed by atoms with Crippen LogP contribution in [0.5, 0.6) is 5.75 Å². The number of likely N-dealkylation sites (tertiary alicyclic amines) is 1. The Kier molecular flexibility index (Phi) is 6.54. The monoisotopic (exact) mass is 576 g/mol. The molecule has 1 fully saturated rings. The summed E-state index contributed by atoms with van der Waals surface area (Å²) >= 11 is 0. The minimum absolute atomic E-state index is 0.124. The van der Waals surface area contributed by atoms with Gasteiger partial charge in [0.05, 0.1) is 29.9 Å². The molecule has 0 spiro atoms. The highest BCUT2D eigenvalue weighted by molar-refractivity contribution is 6.07. The first-order chi connectivity index (χ1) is 20.9. The van der Waals surface area contributed by atoms with Gasteiger partial charge in [-0.2, -0.15) is 10.2 Å². The van der Waals surface area contributed by atoms with Crippen LogP contribution in [0.2, 0.25) is 0 Å². The van der Waals surface area contributed by atoms with E-state index in [1.165, 1.54) is 11.9 Å². The number of para-hydroxylation sites is 1. The lowest BCUT2D eigenvalue weighted by atomic mass is 10.1. The summed E-state index contributed by atoms with van der Waals surface area (Å²) in [7, 11) is 3.46. The van der Waals surface area contributed by atoms with Gasteiger partial charge < -0.3 is 20.4 Å². The third-order valence-electron chi connectivity index (χ3n) is 8.35. The molecule has 4 aromatic heterocycles. The van der Waals surface area contributed by atoms with Crippen molar-refractivity contribution in [1.82, 2.24) is 39.4 Å². The fraction of sp³-hybridized carbons (Fsp3) is 0.258. The number of aryl methyl sites for hydroxylation is 2. The van der Waals surface area contributed by atoms with Gasteiger partial charge in [-0.1, -0.05) is 24.3 Å². The van der Waals surface area contributed by atoms with Crippen LogP contribution in [0.4, 0.5) is 11.5 Å². The molecular weight excluding hydrogens is 544 g/mol. The first-order valence-corrected chi connectivity index (χ1v) is 14.2. The minimum atomic E-state index is -0.228. The number of hydrogen-bond acceptors (Lipinski definition) is 8. The van der Waals surface area contributed by atoms with Gasteiger partial charge in [0.1, 0.15) is 29.3 Å². The number of amides is 1. The van der Waals surface area contributed by atoms with Gasteiger partial charge in [0.15, 0.2) is 5.65 Å². The number of aromatic amines is 1. The van der Waals surface area contributed by atoms with Crippen molar-refractivity contribution in [2.24, 2.45) is 7.05 Å². The number of benzene rings is 2. The van der Waals surface area contributed by atoms with E-state index in [2.05, 4.69) is 30.4 Å². The number of methoxy groups -OCH3 is 1. The molecule has 12 nitrogen and oxygen atoms in total. The smallest absolute Gasteiger partial charge is 0.272 e. The fourth-order valence-corrected chi connectivity index (χ4v) is 6.03. The molecule has 218 valence electrons. The maximum atomic E-state index is 13.3. The molecular formula is C31H32N10O2. The zero-order valence-corrected chi connectivity index (χ0v) is 24.2. The van der Waals surface area contributed by atoms with Gasteiger partial charge in [-0.05, 0) is 37.6 Å². The normalized spacial score (nSPS) is 15.5. The average molecular weight is 577 g/mol. The maximum Gasteiger partial charge on any atom is 0.272 e. The number of rotatable bonds is 7. The standard InChI is InChI=1S/C31H32N10O2/c1-18-21(14-35-37-18)15-40-11-10-22(16-40)41-30-27(29(32)33-17-34-30)28(38-41)20-8-9-23(26(13-20)43-3)36-31(42)25-12-19-6-4-5-7-24(19)39(25)2/h4-9,12-14,17,22H,10-11,15-16H2,1-3H3,(H,35,37)(H,36,42)(H2,32,33,34). The van der Waals surface area contributed by atoms with E-state index in [1.54, 1.807) is 7.11 Å². The molecule has 1 atom stereocenters. The van der Waals surface area contributed by atoms with E-state index >= 15 is 0 Å². The molecule has 1 aliphatic rings. The minimum Gasteiger partial charge on any atom is -0.495 e. The van der Waals surface area contributed by atoms with Crippen molar-refractivity contribution >= 4 is 39.3 Å². The maximum absolute atomic E-state index is 13.3. The van der Waals surface area contributed by atoms with Crippen molar-refractivity contribution in [3.05, 3.63) is 78.0 Å². The quantitative estimate of drug-likeness (QED) is 0.255. The van der Waals surface area contributed by atoms with Crippen LogP contribution in [0.1, 0.15) is 34.2 Å². The molecule has 1 saturated heterocycles. The number of nitrogen functional groups attached to an aromatic ring is 1. The number of carbonyl (C=O) groups excluding carboxylic acids is 1. The van der Waals surface area contributed by atoms with E-state index in [1.807, 2.05) is 77.9 Å². The summed E-state index contributed by atoms with van der Waals surface area (Å²) < 4.78 is 9.58. The predicted molar refractivity (Wildman–Crippen MR) is 165 cm³/mol. The molecule has 43 heavy (non-hydrogen) atoms. The third-order valence-corrected chi connectivity index (χ3v) is 8.35. The Morgan fingerprint density at radius 2 is 2.05 bits per heavy atom. The molecule has 2 aromatic carbocycles. The number of anilines is 2. The highest BCUT2D eigenvalue weighted by Crippen LogP contribution is 2.37. The molecule has 7 rings (SSSR count). The van der Waals surface area contributed by atoms with Gasteiger partial charge in [0.25, 0.3) is 5.91 Å². The highest BCUT2D eigenvalue weighted by atomic mass is 16.5. The van der Waals surface area contributed by atoms with Crippen LogP contribution < -0.4 is 15.8 Å². The number of ether oxygens (including phenoxy) is 1. The number of aromatic nitrogens is 7. The second kappa shape index (κ2) is 10.6. The van der Waals surface area contributed by atoms with Crippen molar-refractivity contribution in [3.8, 4) is 17.0 Å². The van der Waals surface area contributed by atoms with E-state index in [4.69, 9.17) is 15.6 Å². The largest absolute Gasteiger partial charge is 0.495 e. The number of nitrogens with one attached hydrogen (secondary N) is 2. The topological polar surface area (TPSA) is 145 Å². The first-order valence-electron chi connectivity index (χ1n) is 14.2. The van der Waals surface area contributed by atoms with Crippen LogP contribution in [0, 0.1) is 6.92 Å². The fourth-order valence-electron chi connectivity index (χ4n) is 6.03. The van der Waals surface area contributed by atoms with Gasteiger partial charge in [0.2, 0.25) is 0 Å². The lowest BCUT2D eigenvalue weighted by Gasteiger charge is -2.16. The van der Waals surface area contributed by atoms with Crippen molar-refractivity contribution in [3.63, 3.8) is 0 Å². The van der Waals surface area contributed by atoms with Crippen LogP contribution in [-0.2, 0) is 13.6 Å². The molecule has 0 radical (unpaired) electrons. The van der Waals surface area contributed by atoms with E-state index in [0.717, 1.165) is 48.2 Å². The second-order valence-corrected chi connectivity index (χ2v) is 10.9. The van der Waals surface area contributed by atoms with E-state index < -0.39 is 0 Å². The molecule has 12 heteroatoms. The first kappa shape index (κ1) is 26.7. The van der Waals surface area contributed by atoms with Crippen molar-refractivity contribution in [2.45, 2.75) is 25.9 Å². The lowest BCUT2D eigenvalue weighted by Crippen LogP contribution is -2.22. The van der Waals surface area contributed by atoms with Crippen molar-refractivity contribution in [2.75, 3.05) is 31.2 Å². The Labute approximate surface area is 247 Å². The Morgan fingerprint density at radius 3 is 2.84 bits per heavy atom. The SMILES string of the molecule is COc1cc(-c2nn(C3CCN(Cc4c[nH]nc4C)C3)c3ncnc(N)c23)ccc1NC(=O)c1cc2ccccc2n1C. The molecule has 0 aliphatic carbocycles. The summed E-state index contributed by atoms with van der Waals surface area (Å²) in [4.78, 5) is 24.6. The summed E-state index contributed by atoms with van der Waals surface area (Å²) in [6.07, 6.45) is 4.37. The molecule has 1 unspecified atom stereocenters. The van der Waals surface area contributed by atoms with Gasteiger partial charge in [-0.25, -0.2) is 14.6 Å². The summed E-state index contributed by atoms with van der Waals surface area (Å²) in [5, 5.41) is 17.0. The zero-order valence-electron chi connectivity index (χ0n) is 24.2. The molecule has 4 N–H and O–H groups in total. The molecule has 5 heterocycles. The highest BCUT2D eigenvalue weighted by Gasteiger charge is 2.29. The predicted octanol–water partition coefficient (Wildman–Crippen LogP) is 4.31. The van der Waals surface area contributed by atoms with E-state index in [9.17, 15) is 4.79 Å². The second-order valence-electron chi connectivity index (χ2n) is 10.9. The van der Waals surface area contributed by atoms with E-state index in [0.29, 0.717) is 39.7 Å². The third kappa shape index (κ3) is 4.65. The van der Waals surface area contributed by atoms with Crippen LogP contribution in [-0.4, -0.2) is 65.5 Å². The summed E-state index contributed by atoms with van der Waals surface area (Å²) in [6, 6.07) is 15.5. The van der Waals surface area contributed by atoms with Crippen LogP contribution >= 0.6 is 0 Å². The molecule has 1 aliphatic heterocycles. The lowest BCUT2D eigenvalue weighted by molar-refractivity contribution is 0.101. The molecule has 6 aromatic rings. The van der Waals surface area contributed by atoms with Crippen LogP contribution in [0.25, 0.3) is 33.2 Å². The Morgan fingerprint density at radius 1 is 1.19 bits per heavy atom. The van der Waals surface area contributed by atoms with Gasteiger partial charge in [-0.15, -0.1) is 0 Å². The average Bonchev–Trinajstić information content (AvgIpc) is 3.80. The molecule has 1 amide bonds. The van der Waals surface area contributed by atoms with E-state index in [-0.39, 0.29) is 11.9 Å². The Hall–Kier alpha value is -5.23. The molecule has 0 saturated carbocycles. The molecule has 0 bridgehead atoms. The number of H-pyrrole nitrogens is 1.